The van der Waals surface area contributed by atoms with E-state index in [4.69, 9.17) is 11.5 Å². The molecule has 1 aliphatic rings. The van der Waals surface area contributed by atoms with E-state index in [-0.39, 0.29) is 69.6 Å². The van der Waals surface area contributed by atoms with Gasteiger partial charge < -0.3 is 89.8 Å². The summed E-state index contributed by atoms with van der Waals surface area (Å²) >= 11 is 0. The number of aromatic hydroxyl groups is 1. The Morgan fingerprint density at radius 2 is 0.863 bits per heavy atom. The van der Waals surface area contributed by atoms with Gasteiger partial charge in [-0.05, 0) is 86.5 Å². The topological polar surface area (TPSA) is 538 Å². The predicted molar refractivity (Wildman–Crippen MR) is 334 cm³/mol. The van der Waals surface area contributed by atoms with E-state index in [1.807, 2.05) is 0 Å². The number of nitrogens with two attached hydrogens (primary N) is 2. The maximum Gasteiger partial charge on any atom is 0.303 e. The molecule has 1 heterocycles. The third-order valence-electron chi connectivity index (χ3n) is 15.4. The lowest BCUT2D eigenvalue weighted by Crippen LogP contribution is -2.61. The van der Waals surface area contributed by atoms with E-state index in [0.29, 0.717) is 11.1 Å². The van der Waals surface area contributed by atoms with Crippen molar-refractivity contribution in [2.24, 2.45) is 23.3 Å². The van der Waals surface area contributed by atoms with Gasteiger partial charge in [-0.1, -0.05) is 76.6 Å². The highest BCUT2D eigenvalue weighted by atomic mass is 16.4. The fraction of sp³-hybridized carbons (Fsp3) is 0.548. The van der Waals surface area contributed by atoms with Crippen LogP contribution >= 0.6 is 0 Å². The number of hydrogen-bond donors (Lipinski definition) is 16. The Kier molecular flexibility index (Phi) is 32.7. The van der Waals surface area contributed by atoms with Crippen LogP contribution in [0.4, 0.5) is 0 Å². The number of likely N-dealkylation sites (tertiary alicyclic amines) is 1. The smallest absolute Gasteiger partial charge is 0.303 e. The number of aliphatic carboxylic acids is 4. The third kappa shape index (κ3) is 28.3. The Morgan fingerprint density at radius 1 is 0.484 bits per heavy atom. The van der Waals surface area contributed by atoms with Crippen LogP contribution in [-0.4, -0.2) is 192 Å². The van der Waals surface area contributed by atoms with Crippen LogP contribution in [0.5, 0.6) is 5.75 Å². The first-order valence-corrected chi connectivity index (χ1v) is 31.0. The molecule has 0 spiro atoms. The second kappa shape index (κ2) is 39.3. The van der Waals surface area contributed by atoms with Crippen LogP contribution < -0.4 is 59.3 Å². The van der Waals surface area contributed by atoms with Crippen LogP contribution in [0.15, 0.2) is 54.6 Å². The summed E-state index contributed by atoms with van der Waals surface area (Å²) in [4.78, 5) is 212. The molecule has 2 aromatic carbocycles. The van der Waals surface area contributed by atoms with Crippen LogP contribution in [-0.2, 0) is 89.6 Å². The quantitative estimate of drug-likeness (QED) is 0.0337. The highest BCUT2D eigenvalue weighted by Gasteiger charge is 2.42. The van der Waals surface area contributed by atoms with Gasteiger partial charge in [-0.25, -0.2) is 0 Å². The number of rotatable bonds is 42. The zero-order valence-electron chi connectivity index (χ0n) is 53.5. The number of carbonyl (C=O) groups excluding carboxylic acids is 12. The first kappa shape index (κ1) is 79.0. The van der Waals surface area contributed by atoms with Crippen LogP contribution in [0.25, 0.3) is 0 Å². The molecule has 33 heteroatoms. The van der Waals surface area contributed by atoms with E-state index in [2.05, 4.69) is 47.9 Å². The lowest BCUT2D eigenvalue weighted by Gasteiger charge is -2.33. The standard InChI is InChI=1S/C62H88N12O21/c1-6-33(4)52(73-57(90)42(22-27-51(84)85)68-54(87)39(19-24-48(78)79)69-59(92)44(65-34(5)75)30-35-11-8-7-9-12-35)62(95)74-28-10-13-46(74)61(94)70-41(21-26-50(82)83)55(88)67-40(20-25-49(80)81)56(89)72-45(31-36-14-16-37(76)17-15-36)60(93)71-43(29-32(2)3)58(91)66-38(53(64)86)18-23-47(63)77/h7-9,11-12,14-17,32-33,38-46,52,76H,6,10,13,18-31H2,1-5H3,(H2,63,77)(H2,64,86)(H,65,75)(H,66,91)(H,67,88)(H,68,87)(H,69,92)(H,70,94)(H,71,93)(H,72,89)(H,73,90)(H,78,79)(H,80,81)(H,82,83)(H,84,85)/t33?,38-,39-,40-,41-,42-,43-,44-,45-,46?,52-/m0/s1. The molecule has 18 N–H and O–H groups in total. The molecule has 1 saturated heterocycles. The third-order valence-corrected chi connectivity index (χ3v) is 15.4. The summed E-state index contributed by atoms with van der Waals surface area (Å²) in [5.74, 6) is -18.7. The van der Waals surface area contributed by atoms with Gasteiger partial charge in [0.15, 0.2) is 0 Å². The molecule has 0 aromatic heterocycles. The molecule has 2 aromatic rings. The molecule has 1 fully saturated rings. The molecule has 33 nitrogen and oxygen atoms in total. The number of carboxylic acids is 4. The second-order valence-electron chi connectivity index (χ2n) is 23.6. The van der Waals surface area contributed by atoms with Gasteiger partial charge in [-0.3, -0.25) is 76.7 Å². The fourth-order valence-corrected chi connectivity index (χ4v) is 10.1. The monoisotopic (exact) mass is 1340 g/mol. The van der Waals surface area contributed by atoms with E-state index in [9.17, 15) is 102 Å². The second-order valence-corrected chi connectivity index (χ2v) is 23.6. The molecule has 0 saturated carbocycles. The Bertz CT molecular complexity index is 3080. The highest BCUT2D eigenvalue weighted by molar-refractivity contribution is 5.99. The number of nitrogens with one attached hydrogen (secondary N) is 9. The van der Waals surface area contributed by atoms with Crippen LogP contribution in [0.3, 0.4) is 0 Å². The molecule has 11 atom stereocenters. The fourth-order valence-electron chi connectivity index (χ4n) is 10.1. The summed E-state index contributed by atoms with van der Waals surface area (Å²) in [6.07, 6.45) is -6.18. The van der Waals surface area contributed by atoms with Gasteiger partial charge in [-0.15, -0.1) is 0 Å². The number of carboxylic acid groups (broad SMARTS) is 4. The molecule has 522 valence electrons. The van der Waals surface area contributed by atoms with Gasteiger partial charge >= 0.3 is 23.9 Å². The largest absolute Gasteiger partial charge is 0.508 e. The van der Waals surface area contributed by atoms with Crippen molar-refractivity contribution in [2.75, 3.05) is 6.54 Å². The van der Waals surface area contributed by atoms with E-state index in [0.717, 1.165) is 11.8 Å². The zero-order chi connectivity index (χ0) is 71.2. The van der Waals surface area contributed by atoms with Crippen molar-refractivity contribution in [2.45, 2.75) is 198 Å². The number of carbonyl (C=O) groups is 16. The van der Waals surface area contributed by atoms with Crippen LogP contribution in [0.1, 0.15) is 136 Å². The van der Waals surface area contributed by atoms with Crippen molar-refractivity contribution in [1.29, 1.82) is 0 Å². The maximum atomic E-state index is 14.7. The minimum atomic E-state index is -1.84. The average Bonchev–Trinajstić information content (AvgIpc) is 1.77. The summed E-state index contributed by atoms with van der Waals surface area (Å²) < 4.78 is 0. The van der Waals surface area contributed by atoms with Crippen molar-refractivity contribution in [3.63, 3.8) is 0 Å². The first-order valence-electron chi connectivity index (χ1n) is 31.0. The van der Waals surface area contributed by atoms with Gasteiger partial charge in [0.05, 0.1) is 0 Å². The van der Waals surface area contributed by atoms with E-state index < -0.39 is 212 Å². The number of amides is 12. The molecular formula is C62H88N12O21. The number of hydrogen-bond acceptors (Lipinski definition) is 17. The van der Waals surface area contributed by atoms with Crippen molar-refractivity contribution >= 4 is 94.8 Å². The molecule has 0 aliphatic carbocycles. The number of phenolic OH excluding ortho intramolecular Hbond substituents is 1. The number of phenols is 1. The Balaban J connectivity index is 1.96. The predicted octanol–water partition coefficient (Wildman–Crippen LogP) is -2.15. The van der Waals surface area contributed by atoms with Crippen LogP contribution in [0.2, 0.25) is 0 Å². The molecule has 0 bridgehead atoms. The summed E-state index contributed by atoms with van der Waals surface area (Å²) in [5.41, 5.74) is 11.6. The SMILES string of the molecule is CCC(C)[C@H](NC(=O)[C@H](CCC(=O)O)NC(=O)[C@H](CCC(=O)O)NC(=O)[C@H](Cc1ccccc1)NC(C)=O)C(=O)N1CCCC1C(=O)N[C@@H](CCC(=O)O)C(=O)N[C@@H](CCC(=O)O)C(=O)N[C@@H](Cc1ccc(O)cc1)C(=O)N[C@@H](CC(C)C)C(=O)N[C@@H](CCC(N)=O)C(N)=O. The number of primary amides is 2. The van der Waals surface area contributed by atoms with Crippen molar-refractivity contribution in [1.82, 2.24) is 52.8 Å². The van der Waals surface area contributed by atoms with Crippen molar-refractivity contribution in [3.05, 3.63) is 65.7 Å². The van der Waals surface area contributed by atoms with E-state index in [1.54, 1.807) is 58.0 Å². The number of benzene rings is 2. The van der Waals surface area contributed by atoms with Gasteiger partial charge in [0, 0.05) is 58.4 Å². The molecule has 12 amide bonds. The molecule has 2 unspecified atom stereocenters. The van der Waals surface area contributed by atoms with Crippen molar-refractivity contribution in [3.8, 4) is 5.75 Å². The van der Waals surface area contributed by atoms with Gasteiger partial charge in [0.25, 0.3) is 0 Å². The van der Waals surface area contributed by atoms with E-state index >= 15 is 0 Å². The molecule has 0 radical (unpaired) electrons. The maximum absolute atomic E-state index is 14.7. The van der Waals surface area contributed by atoms with Gasteiger partial charge in [0.1, 0.15) is 66.2 Å². The minimum absolute atomic E-state index is 0.0504. The lowest BCUT2D eigenvalue weighted by atomic mass is 9.96. The molecule has 3 rings (SSSR count). The van der Waals surface area contributed by atoms with E-state index in [1.165, 1.54) is 24.3 Å². The molecule has 1 aliphatic heterocycles. The summed E-state index contributed by atoms with van der Waals surface area (Å²) in [7, 11) is 0. The van der Waals surface area contributed by atoms with Crippen LogP contribution in [0, 0.1) is 11.8 Å². The minimum Gasteiger partial charge on any atom is -0.508 e. The average molecular weight is 1340 g/mol. The Labute approximate surface area is 547 Å². The highest BCUT2D eigenvalue weighted by Crippen LogP contribution is 2.23. The lowest BCUT2D eigenvalue weighted by molar-refractivity contribution is -0.144. The Morgan fingerprint density at radius 3 is 1.28 bits per heavy atom. The summed E-state index contributed by atoms with van der Waals surface area (Å²) in [6, 6.07) is -1.94. The first-order chi connectivity index (χ1) is 44.7. The zero-order valence-corrected chi connectivity index (χ0v) is 53.5. The normalized spacial score (nSPS) is 15.8. The van der Waals surface area contributed by atoms with Crippen molar-refractivity contribution < 1.29 is 102 Å². The molecular weight excluding hydrogens is 1250 g/mol. The van der Waals surface area contributed by atoms with Gasteiger partial charge in [-0.2, -0.15) is 0 Å². The molecule has 95 heavy (non-hydrogen) atoms. The summed E-state index contributed by atoms with van der Waals surface area (Å²) in [5, 5.41) is 70.7. The number of nitrogens with zero attached hydrogens (tertiary/aromatic N) is 1. The van der Waals surface area contributed by atoms with Gasteiger partial charge in [0.2, 0.25) is 70.9 Å². The summed E-state index contributed by atoms with van der Waals surface area (Å²) in [6.45, 7) is 7.65. The Hall–Kier alpha value is -10.2.